The Morgan fingerprint density at radius 2 is 1.97 bits per heavy atom. The molecule has 0 unspecified atom stereocenters. The van der Waals surface area contributed by atoms with E-state index in [1.165, 1.54) is 4.68 Å². The van der Waals surface area contributed by atoms with Gasteiger partial charge in [-0.1, -0.05) is 32.6 Å². The topological polar surface area (TPSA) is 90.6 Å². The lowest BCUT2D eigenvalue weighted by Crippen LogP contribution is -2.23. The van der Waals surface area contributed by atoms with Gasteiger partial charge in [0.15, 0.2) is 5.69 Å². The lowest BCUT2D eigenvalue weighted by atomic mass is 9.91. The highest BCUT2D eigenvalue weighted by atomic mass is 16.5. The van der Waals surface area contributed by atoms with Crippen molar-refractivity contribution in [3.05, 3.63) is 53.6 Å². The number of aromatic nitrogens is 3. The maximum Gasteiger partial charge on any atom is 0.278 e. The predicted octanol–water partition coefficient (Wildman–Crippen LogP) is 3.86. The SMILES string of the molecule is C=C(/C=C(\N=CC)C(C)(C)C)NC(=O)c1nnn(-c2cc(OC)ccc2OC)c1C. The Balaban J connectivity index is 2.32. The van der Waals surface area contributed by atoms with Crippen LogP contribution >= 0.6 is 0 Å². The molecule has 0 aliphatic heterocycles. The average Bonchev–Trinajstić information content (AvgIpc) is 3.07. The van der Waals surface area contributed by atoms with E-state index in [1.807, 2.05) is 27.7 Å². The summed E-state index contributed by atoms with van der Waals surface area (Å²) < 4.78 is 12.2. The summed E-state index contributed by atoms with van der Waals surface area (Å²) in [6.45, 7) is 13.6. The summed E-state index contributed by atoms with van der Waals surface area (Å²) in [5.41, 5.74) is 2.39. The van der Waals surface area contributed by atoms with Crippen molar-refractivity contribution in [1.82, 2.24) is 20.3 Å². The average molecular weight is 412 g/mol. The van der Waals surface area contributed by atoms with Crippen molar-refractivity contribution in [2.75, 3.05) is 14.2 Å². The van der Waals surface area contributed by atoms with Gasteiger partial charge in [0.25, 0.3) is 5.91 Å². The summed E-state index contributed by atoms with van der Waals surface area (Å²) in [6, 6.07) is 5.32. The van der Waals surface area contributed by atoms with Crippen LogP contribution in [0.2, 0.25) is 0 Å². The minimum atomic E-state index is -0.407. The summed E-state index contributed by atoms with van der Waals surface area (Å²) in [4.78, 5) is 17.2. The molecule has 1 aromatic heterocycles. The Kier molecular flexibility index (Phi) is 7.15. The minimum absolute atomic E-state index is 0.186. The fourth-order valence-electron chi connectivity index (χ4n) is 2.72. The number of aliphatic imine (C=N–C) groups is 1. The van der Waals surface area contributed by atoms with E-state index >= 15 is 0 Å². The number of hydrogen-bond acceptors (Lipinski definition) is 6. The van der Waals surface area contributed by atoms with E-state index in [1.54, 1.807) is 51.6 Å². The molecular formula is C22H29N5O3. The monoisotopic (exact) mass is 411 g/mol. The molecule has 2 aromatic rings. The number of carbonyl (C=O) groups excluding carboxylic acids is 1. The van der Waals surface area contributed by atoms with Crippen LogP contribution in [-0.2, 0) is 0 Å². The minimum Gasteiger partial charge on any atom is -0.497 e. The quantitative estimate of drug-likeness (QED) is 0.552. The van der Waals surface area contributed by atoms with Crippen LogP contribution in [0.25, 0.3) is 5.69 Å². The highest BCUT2D eigenvalue weighted by Crippen LogP contribution is 2.29. The van der Waals surface area contributed by atoms with E-state index < -0.39 is 5.91 Å². The maximum atomic E-state index is 12.8. The number of hydrogen-bond donors (Lipinski definition) is 1. The molecular weight excluding hydrogens is 382 g/mol. The fourth-order valence-corrected chi connectivity index (χ4v) is 2.72. The molecule has 1 N–H and O–H groups in total. The lowest BCUT2D eigenvalue weighted by Gasteiger charge is -2.19. The van der Waals surface area contributed by atoms with Crippen molar-refractivity contribution in [1.29, 1.82) is 0 Å². The Morgan fingerprint density at radius 3 is 2.53 bits per heavy atom. The van der Waals surface area contributed by atoms with Crippen molar-refractivity contribution in [3.63, 3.8) is 0 Å². The molecule has 1 aromatic carbocycles. The molecule has 0 atom stereocenters. The van der Waals surface area contributed by atoms with Gasteiger partial charge in [0.1, 0.15) is 17.2 Å². The summed E-state index contributed by atoms with van der Waals surface area (Å²) in [6.07, 6.45) is 3.46. The molecule has 0 fully saturated rings. The number of nitrogens with zero attached hydrogens (tertiary/aromatic N) is 4. The van der Waals surface area contributed by atoms with Crippen LogP contribution in [0.1, 0.15) is 43.9 Å². The number of benzene rings is 1. The fraction of sp³-hybridized carbons (Fsp3) is 0.364. The zero-order valence-electron chi connectivity index (χ0n) is 18.6. The lowest BCUT2D eigenvalue weighted by molar-refractivity contribution is 0.0961. The summed E-state index contributed by atoms with van der Waals surface area (Å²) in [5.74, 6) is 0.808. The van der Waals surface area contributed by atoms with E-state index in [0.717, 1.165) is 5.70 Å². The van der Waals surface area contributed by atoms with E-state index in [9.17, 15) is 4.79 Å². The molecule has 1 amide bonds. The molecule has 2 rings (SSSR count). The molecule has 1 heterocycles. The first kappa shape index (κ1) is 22.9. The van der Waals surface area contributed by atoms with Crippen LogP contribution in [0, 0.1) is 12.3 Å². The Morgan fingerprint density at radius 1 is 1.27 bits per heavy atom. The third-order valence-corrected chi connectivity index (χ3v) is 4.35. The second kappa shape index (κ2) is 9.39. The number of nitrogens with one attached hydrogen (secondary N) is 1. The van der Waals surface area contributed by atoms with E-state index in [2.05, 4.69) is 27.2 Å². The standard InChI is InChI=1S/C22H29N5O3/c1-9-23-19(22(4,5)6)12-14(2)24-21(28)20-15(3)27(26-25-20)17-13-16(29-7)10-11-18(17)30-8/h9-13H,2H2,1,3-8H3,(H,24,28)/b19-12-,23-9?. The third-order valence-electron chi connectivity index (χ3n) is 4.35. The molecule has 0 spiro atoms. The van der Waals surface area contributed by atoms with Crippen molar-refractivity contribution in [2.24, 2.45) is 10.4 Å². The molecule has 30 heavy (non-hydrogen) atoms. The molecule has 8 heteroatoms. The van der Waals surface area contributed by atoms with Gasteiger partial charge in [0.2, 0.25) is 0 Å². The van der Waals surface area contributed by atoms with Crippen molar-refractivity contribution in [2.45, 2.75) is 34.6 Å². The van der Waals surface area contributed by atoms with Gasteiger partial charge in [-0.15, -0.1) is 5.10 Å². The molecule has 8 nitrogen and oxygen atoms in total. The summed E-state index contributed by atoms with van der Waals surface area (Å²) in [7, 11) is 3.14. The third kappa shape index (κ3) is 5.14. The number of allylic oxidation sites excluding steroid dienone is 2. The highest BCUT2D eigenvalue weighted by Gasteiger charge is 2.21. The zero-order chi connectivity index (χ0) is 22.5. The number of amides is 1. The first-order valence-electron chi connectivity index (χ1n) is 9.48. The van der Waals surface area contributed by atoms with Crippen molar-refractivity contribution < 1.29 is 14.3 Å². The van der Waals surface area contributed by atoms with Crippen LogP contribution in [0.15, 0.2) is 47.2 Å². The van der Waals surface area contributed by atoms with Gasteiger partial charge in [-0.3, -0.25) is 9.79 Å². The molecule has 0 saturated heterocycles. The van der Waals surface area contributed by atoms with Gasteiger partial charge in [-0.25, -0.2) is 4.68 Å². The Bertz CT molecular complexity index is 997. The molecule has 0 aliphatic carbocycles. The highest BCUT2D eigenvalue weighted by molar-refractivity contribution is 5.94. The Labute approximate surface area is 177 Å². The van der Waals surface area contributed by atoms with Gasteiger partial charge < -0.3 is 14.8 Å². The molecule has 0 bridgehead atoms. The first-order valence-corrected chi connectivity index (χ1v) is 9.48. The zero-order valence-corrected chi connectivity index (χ0v) is 18.6. The first-order chi connectivity index (χ1) is 14.1. The van der Waals surface area contributed by atoms with Gasteiger partial charge in [0, 0.05) is 29.1 Å². The van der Waals surface area contributed by atoms with Crippen LogP contribution in [0.5, 0.6) is 11.5 Å². The second-order valence-corrected chi connectivity index (χ2v) is 7.62. The molecule has 0 saturated carbocycles. The molecule has 0 radical (unpaired) electrons. The number of rotatable bonds is 7. The predicted molar refractivity (Wildman–Crippen MR) is 118 cm³/mol. The van der Waals surface area contributed by atoms with E-state index in [4.69, 9.17) is 9.47 Å². The van der Waals surface area contributed by atoms with Crippen molar-refractivity contribution >= 4 is 12.1 Å². The van der Waals surface area contributed by atoms with Crippen LogP contribution < -0.4 is 14.8 Å². The summed E-state index contributed by atoms with van der Waals surface area (Å²) >= 11 is 0. The smallest absolute Gasteiger partial charge is 0.278 e. The molecule has 160 valence electrons. The van der Waals surface area contributed by atoms with Gasteiger partial charge in [-0.2, -0.15) is 0 Å². The van der Waals surface area contributed by atoms with Crippen LogP contribution in [0.3, 0.4) is 0 Å². The maximum absolute atomic E-state index is 12.8. The Hall–Kier alpha value is -3.42. The van der Waals surface area contributed by atoms with Gasteiger partial charge >= 0.3 is 0 Å². The van der Waals surface area contributed by atoms with Gasteiger partial charge in [-0.05, 0) is 32.1 Å². The van der Waals surface area contributed by atoms with Crippen molar-refractivity contribution in [3.8, 4) is 17.2 Å². The largest absolute Gasteiger partial charge is 0.497 e. The summed E-state index contributed by atoms with van der Waals surface area (Å²) in [5, 5.41) is 10.9. The number of methoxy groups -OCH3 is 2. The van der Waals surface area contributed by atoms with E-state index in [0.29, 0.717) is 28.6 Å². The van der Waals surface area contributed by atoms with Crippen LogP contribution in [-0.4, -0.2) is 41.3 Å². The second-order valence-electron chi connectivity index (χ2n) is 7.62. The normalized spacial score (nSPS) is 12.2. The number of ether oxygens (including phenoxy) is 2. The van der Waals surface area contributed by atoms with Gasteiger partial charge in [0.05, 0.1) is 19.9 Å². The van der Waals surface area contributed by atoms with E-state index in [-0.39, 0.29) is 11.1 Å². The molecule has 0 aliphatic rings. The van der Waals surface area contributed by atoms with Crippen LogP contribution in [0.4, 0.5) is 0 Å². The number of carbonyl (C=O) groups is 1.